The Bertz CT molecular complexity index is 508. The Labute approximate surface area is 152 Å². The molecule has 1 atom stereocenters. The van der Waals surface area contributed by atoms with Crippen LogP contribution in [0.25, 0.3) is 0 Å². The van der Waals surface area contributed by atoms with Gasteiger partial charge in [-0.3, -0.25) is 9.80 Å². The Morgan fingerprint density at radius 1 is 1.20 bits per heavy atom. The van der Waals surface area contributed by atoms with Crippen molar-refractivity contribution in [3.05, 3.63) is 29.8 Å². The molecule has 2 saturated heterocycles. The van der Waals surface area contributed by atoms with Crippen molar-refractivity contribution in [1.82, 2.24) is 20.0 Å². The highest BCUT2D eigenvalue weighted by Gasteiger charge is 2.25. The third kappa shape index (κ3) is 5.96. The number of nitrogens with zero attached hydrogens (tertiary/aromatic N) is 3. The summed E-state index contributed by atoms with van der Waals surface area (Å²) in [6, 6.07) is 9.39. The fourth-order valence-corrected chi connectivity index (χ4v) is 3.80. The number of hydrogen-bond donors (Lipinski definition) is 1. The van der Waals surface area contributed by atoms with E-state index in [1.165, 1.54) is 51.3 Å². The molecule has 0 amide bonds. The van der Waals surface area contributed by atoms with Gasteiger partial charge in [0, 0.05) is 51.9 Å². The summed E-state index contributed by atoms with van der Waals surface area (Å²) in [6.45, 7) is 10.00. The zero-order valence-corrected chi connectivity index (χ0v) is 15.9. The second-order valence-electron chi connectivity index (χ2n) is 7.61. The molecule has 25 heavy (non-hydrogen) atoms. The first kappa shape index (κ1) is 18.6. The summed E-state index contributed by atoms with van der Waals surface area (Å²) in [4.78, 5) is 7.44. The first-order chi connectivity index (χ1) is 12.2. The van der Waals surface area contributed by atoms with Gasteiger partial charge >= 0.3 is 0 Å². The number of benzene rings is 1. The van der Waals surface area contributed by atoms with E-state index in [0.717, 1.165) is 37.9 Å². The minimum absolute atomic E-state index is 0.765. The summed E-state index contributed by atoms with van der Waals surface area (Å²) in [7, 11) is 4.20. The third-order valence-electron chi connectivity index (χ3n) is 5.28. The smallest absolute Gasteiger partial charge is 0.119 e. The van der Waals surface area contributed by atoms with Crippen LogP contribution < -0.4 is 10.1 Å². The first-order valence-electron chi connectivity index (χ1n) is 9.74. The molecule has 0 saturated carbocycles. The summed E-state index contributed by atoms with van der Waals surface area (Å²) >= 11 is 0. The van der Waals surface area contributed by atoms with E-state index in [-0.39, 0.29) is 0 Å². The highest BCUT2D eigenvalue weighted by atomic mass is 16.5. The molecule has 5 nitrogen and oxygen atoms in total. The average Bonchev–Trinajstić information content (AvgIpc) is 3.14. The molecular weight excluding hydrogens is 312 g/mol. The predicted octanol–water partition coefficient (Wildman–Crippen LogP) is 1.50. The molecule has 2 aliphatic rings. The number of piperazine rings is 1. The van der Waals surface area contributed by atoms with E-state index in [0.29, 0.717) is 0 Å². The normalized spacial score (nSPS) is 22.6. The monoisotopic (exact) mass is 346 g/mol. The van der Waals surface area contributed by atoms with Crippen molar-refractivity contribution < 1.29 is 4.74 Å². The van der Waals surface area contributed by atoms with Crippen molar-refractivity contribution in [3.8, 4) is 5.75 Å². The van der Waals surface area contributed by atoms with Crippen molar-refractivity contribution in [3.63, 3.8) is 0 Å². The largest absolute Gasteiger partial charge is 0.494 e. The van der Waals surface area contributed by atoms with Crippen LogP contribution in [0.5, 0.6) is 5.75 Å². The Morgan fingerprint density at radius 3 is 2.76 bits per heavy atom. The average molecular weight is 347 g/mol. The quantitative estimate of drug-likeness (QED) is 0.721. The SMILES string of the molecule is CN(C)CCCOc1cccc(CN2CCN(C3CCNC3)CC2)c1. The van der Waals surface area contributed by atoms with Gasteiger partial charge in [-0.25, -0.2) is 0 Å². The maximum Gasteiger partial charge on any atom is 0.119 e. The highest BCUT2D eigenvalue weighted by Crippen LogP contribution is 2.17. The second kappa shape index (κ2) is 9.53. The summed E-state index contributed by atoms with van der Waals surface area (Å²) in [5.74, 6) is 1.01. The lowest BCUT2D eigenvalue weighted by Crippen LogP contribution is -2.50. The Kier molecular flexibility index (Phi) is 7.11. The molecule has 0 aliphatic carbocycles. The van der Waals surface area contributed by atoms with Gasteiger partial charge < -0.3 is 15.0 Å². The van der Waals surface area contributed by atoms with Crippen LogP contribution in [0.1, 0.15) is 18.4 Å². The third-order valence-corrected chi connectivity index (χ3v) is 5.28. The fraction of sp³-hybridized carbons (Fsp3) is 0.700. The molecule has 2 aliphatic heterocycles. The molecule has 1 aromatic rings. The van der Waals surface area contributed by atoms with Crippen LogP contribution in [0.2, 0.25) is 0 Å². The second-order valence-corrected chi connectivity index (χ2v) is 7.61. The lowest BCUT2D eigenvalue weighted by atomic mass is 10.1. The molecule has 0 bridgehead atoms. The Hall–Kier alpha value is -1.14. The predicted molar refractivity (Wildman–Crippen MR) is 103 cm³/mol. The zero-order valence-electron chi connectivity index (χ0n) is 15.9. The zero-order chi connectivity index (χ0) is 17.5. The molecule has 1 unspecified atom stereocenters. The van der Waals surface area contributed by atoms with E-state index in [2.05, 4.69) is 58.4 Å². The van der Waals surface area contributed by atoms with Crippen molar-refractivity contribution in [2.24, 2.45) is 0 Å². The summed E-state index contributed by atoms with van der Waals surface area (Å²) in [5.41, 5.74) is 1.36. The summed E-state index contributed by atoms with van der Waals surface area (Å²) in [5, 5.41) is 3.48. The van der Waals surface area contributed by atoms with Crippen LogP contribution in [-0.2, 0) is 6.54 Å². The fourth-order valence-electron chi connectivity index (χ4n) is 3.80. The summed E-state index contributed by atoms with van der Waals surface area (Å²) in [6.07, 6.45) is 2.38. The lowest BCUT2D eigenvalue weighted by Gasteiger charge is -2.37. The van der Waals surface area contributed by atoms with Crippen LogP contribution >= 0.6 is 0 Å². The van der Waals surface area contributed by atoms with Gasteiger partial charge in [0.15, 0.2) is 0 Å². The van der Waals surface area contributed by atoms with Crippen LogP contribution in [0.3, 0.4) is 0 Å². The van der Waals surface area contributed by atoms with Gasteiger partial charge in [0.1, 0.15) is 5.75 Å². The molecule has 2 fully saturated rings. The molecule has 5 heteroatoms. The van der Waals surface area contributed by atoms with Crippen molar-refractivity contribution >= 4 is 0 Å². The number of rotatable bonds is 8. The molecule has 1 N–H and O–H groups in total. The Balaban J connectivity index is 1.41. The van der Waals surface area contributed by atoms with Crippen LogP contribution in [0, 0.1) is 0 Å². The van der Waals surface area contributed by atoms with E-state index in [1.807, 2.05) is 0 Å². The molecule has 3 rings (SSSR count). The molecule has 0 radical (unpaired) electrons. The number of hydrogen-bond acceptors (Lipinski definition) is 5. The van der Waals surface area contributed by atoms with E-state index >= 15 is 0 Å². The van der Waals surface area contributed by atoms with Gasteiger partial charge in [-0.05, 0) is 51.2 Å². The van der Waals surface area contributed by atoms with Gasteiger partial charge in [-0.2, -0.15) is 0 Å². The van der Waals surface area contributed by atoms with Crippen LogP contribution in [0.15, 0.2) is 24.3 Å². The van der Waals surface area contributed by atoms with E-state index in [4.69, 9.17) is 4.74 Å². The van der Waals surface area contributed by atoms with Gasteiger partial charge in [0.05, 0.1) is 6.61 Å². The first-order valence-corrected chi connectivity index (χ1v) is 9.74. The lowest BCUT2D eigenvalue weighted by molar-refractivity contribution is 0.0981. The highest BCUT2D eigenvalue weighted by molar-refractivity contribution is 5.28. The summed E-state index contributed by atoms with van der Waals surface area (Å²) < 4.78 is 5.91. The van der Waals surface area contributed by atoms with Gasteiger partial charge in [-0.15, -0.1) is 0 Å². The molecular formula is C20H34N4O. The number of nitrogens with one attached hydrogen (secondary N) is 1. The van der Waals surface area contributed by atoms with Crippen LogP contribution in [0.4, 0.5) is 0 Å². The van der Waals surface area contributed by atoms with E-state index in [1.54, 1.807) is 0 Å². The maximum absolute atomic E-state index is 5.91. The molecule has 1 aromatic carbocycles. The minimum Gasteiger partial charge on any atom is -0.494 e. The topological polar surface area (TPSA) is 31.0 Å². The minimum atomic E-state index is 0.765. The molecule has 2 heterocycles. The van der Waals surface area contributed by atoms with Crippen molar-refractivity contribution in [1.29, 1.82) is 0 Å². The molecule has 0 aromatic heterocycles. The van der Waals surface area contributed by atoms with Gasteiger partial charge in [0.25, 0.3) is 0 Å². The van der Waals surface area contributed by atoms with Crippen molar-refractivity contribution in [2.75, 3.05) is 66.5 Å². The van der Waals surface area contributed by atoms with Crippen molar-refractivity contribution in [2.45, 2.75) is 25.4 Å². The van der Waals surface area contributed by atoms with E-state index in [9.17, 15) is 0 Å². The number of ether oxygens (including phenoxy) is 1. The maximum atomic E-state index is 5.91. The van der Waals surface area contributed by atoms with E-state index < -0.39 is 0 Å². The van der Waals surface area contributed by atoms with Crippen LogP contribution in [-0.4, -0.2) is 87.3 Å². The van der Waals surface area contributed by atoms with Gasteiger partial charge in [-0.1, -0.05) is 12.1 Å². The Morgan fingerprint density at radius 2 is 2.04 bits per heavy atom. The molecule has 0 spiro atoms. The standard InChI is InChI=1S/C20H34N4O/c1-22(2)9-4-14-25-20-6-3-5-18(15-20)17-23-10-12-24(13-11-23)19-7-8-21-16-19/h3,5-6,15,19,21H,4,7-14,16-17H2,1-2H3. The van der Waals surface area contributed by atoms with Gasteiger partial charge in [0.2, 0.25) is 0 Å². The molecule has 140 valence electrons.